The number of aliphatic hydroxyl groups is 1. The van der Waals surface area contributed by atoms with Gasteiger partial charge >= 0.3 is 5.70 Å². The van der Waals surface area contributed by atoms with E-state index in [0.29, 0.717) is 12.1 Å². The van der Waals surface area contributed by atoms with Crippen molar-refractivity contribution in [3.63, 3.8) is 0 Å². The molecule has 0 aromatic heterocycles. The largest absolute Gasteiger partial charge is 0.489 e. The van der Waals surface area contributed by atoms with Gasteiger partial charge in [-0.1, -0.05) is 0 Å². The van der Waals surface area contributed by atoms with E-state index in [1.54, 1.807) is 0 Å². The van der Waals surface area contributed by atoms with Crippen LogP contribution in [0, 0.1) is 5.39 Å². The molecule has 9 heavy (non-hydrogen) atoms. The lowest BCUT2D eigenvalue weighted by molar-refractivity contribution is 0.343. The monoisotopic (exact) mass is 126 g/mol. The van der Waals surface area contributed by atoms with Crippen LogP contribution in [-0.2, 0) is 0 Å². The van der Waals surface area contributed by atoms with Crippen molar-refractivity contribution < 1.29 is 5.11 Å². The highest BCUT2D eigenvalue weighted by molar-refractivity contribution is 5.14. The zero-order chi connectivity index (χ0) is 6.69. The smallest absolute Gasteiger partial charge is 0.420 e. The van der Waals surface area contributed by atoms with Crippen LogP contribution in [0.5, 0.6) is 0 Å². The van der Waals surface area contributed by atoms with Crippen LogP contribution >= 0.6 is 0 Å². The van der Waals surface area contributed by atoms with E-state index in [-0.39, 0.29) is 5.88 Å². The summed E-state index contributed by atoms with van der Waals surface area (Å²) in [5.41, 5.74) is 0.348. The molecule has 0 aliphatic carbocycles. The van der Waals surface area contributed by atoms with Crippen molar-refractivity contribution >= 4 is 0 Å². The maximum atomic E-state index is 8.88. The van der Waals surface area contributed by atoms with Crippen molar-refractivity contribution in [2.24, 2.45) is 0 Å². The molecular formula is C5H8N3O+. The second-order valence-electron chi connectivity index (χ2n) is 1.93. The molecule has 0 aromatic rings. The van der Waals surface area contributed by atoms with Gasteiger partial charge in [0.25, 0.3) is 5.88 Å². The van der Waals surface area contributed by atoms with Crippen molar-refractivity contribution in [1.82, 2.24) is 5.32 Å². The molecular weight excluding hydrogens is 118 g/mol. The predicted octanol–water partition coefficient (Wildman–Crippen LogP) is 0.950. The molecule has 0 aromatic carbocycles. The summed E-state index contributed by atoms with van der Waals surface area (Å²) < 4.78 is 0. The average molecular weight is 126 g/mol. The standard InChI is InChI=1S/C5H7N3O/c6-8-4-2-1-3-7-5(4)9/h7H,1-3H2/p+1. The third-order valence-electron chi connectivity index (χ3n) is 1.28. The van der Waals surface area contributed by atoms with E-state index < -0.39 is 0 Å². The highest BCUT2D eigenvalue weighted by Gasteiger charge is 2.21. The Kier molecular flexibility index (Phi) is 1.54. The number of allylic oxidation sites excluding steroid dienone is 1. The summed E-state index contributed by atoms with van der Waals surface area (Å²) >= 11 is 0. The number of rotatable bonds is 0. The lowest BCUT2D eigenvalue weighted by Gasteiger charge is -2.05. The summed E-state index contributed by atoms with van der Waals surface area (Å²) in [5, 5.41) is 19.8. The van der Waals surface area contributed by atoms with Crippen LogP contribution in [0.4, 0.5) is 0 Å². The molecule has 0 atom stereocenters. The molecule has 1 aliphatic heterocycles. The summed E-state index contributed by atoms with van der Waals surface area (Å²) in [6, 6.07) is 0. The van der Waals surface area contributed by atoms with Crippen LogP contribution in [0.2, 0.25) is 0 Å². The first kappa shape index (κ1) is 5.89. The van der Waals surface area contributed by atoms with E-state index in [9.17, 15) is 0 Å². The Labute approximate surface area is 52.8 Å². The topological polar surface area (TPSA) is 60.4 Å². The number of nitrogens with zero attached hydrogens (tertiary/aromatic N) is 2. The van der Waals surface area contributed by atoms with Crippen LogP contribution in [0.3, 0.4) is 0 Å². The van der Waals surface area contributed by atoms with Gasteiger partial charge in [0.15, 0.2) is 4.98 Å². The van der Waals surface area contributed by atoms with Gasteiger partial charge < -0.3 is 10.4 Å². The summed E-state index contributed by atoms with van der Waals surface area (Å²) in [6.07, 6.45) is 1.55. The first-order chi connectivity index (χ1) is 4.34. The molecule has 0 saturated heterocycles. The molecule has 0 amide bonds. The van der Waals surface area contributed by atoms with E-state index in [0.717, 1.165) is 13.0 Å². The molecule has 0 fully saturated rings. The summed E-state index contributed by atoms with van der Waals surface area (Å²) in [4.78, 5) is 2.90. The Morgan fingerprint density at radius 2 is 2.44 bits per heavy atom. The minimum Gasteiger partial charge on any atom is -0.489 e. The fourth-order valence-corrected chi connectivity index (χ4v) is 0.780. The Morgan fingerprint density at radius 3 is 2.89 bits per heavy atom. The molecule has 0 saturated carbocycles. The van der Waals surface area contributed by atoms with Crippen molar-refractivity contribution in [1.29, 1.82) is 5.39 Å². The number of hydrogen-bond acceptors (Lipinski definition) is 3. The minimum absolute atomic E-state index is 0.00347. The van der Waals surface area contributed by atoms with Crippen LogP contribution < -0.4 is 5.32 Å². The van der Waals surface area contributed by atoms with E-state index in [4.69, 9.17) is 10.5 Å². The van der Waals surface area contributed by atoms with Gasteiger partial charge in [-0.3, -0.25) is 0 Å². The number of diazo groups is 1. The third-order valence-corrected chi connectivity index (χ3v) is 1.28. The summed E-state index contributed by atoms with van der Waals surface area (Å²) in [6.45, 7) is 0.755. The maximum absolute atomic E-state index is 8.88. The van der Waals surface area contributed by atoms with Gasteiger partial charge in [-0.05, 0) is 6.42 Å². The van der Waals surface area contributed by atoms with Gasteiger partial charge in [-0.25, -0.2) is 0 Å². The van der Waals surface area contributed by atoms with E-state index in [1.165, 1.54) is 0 Å². The molecule has 4 nitrogen and oxygen atoms in total. The lowest BCUT2D eigenvalue weighted by atomic mass is 10.2. The van der Waals surface area contributed by atoms with Gasteiger partial charge in [-0.15, -0.1) is 0 Å². The normalized spacial score (nSPS) is 18.6. The van der Waals surface area contributed by atoms with Gasteiger partial charge in [0, 0.05) is 6.54 Å². The van der Waals surface area contributed by atoms with Crippen LogP contribution in [0.25, 0.3) is 4.98 Å². The van der Waals surface area contributed by atoms with Gasteiger partial charge in [0.2, 0.25) is 5.39 Å². The van der Waals surface area contributed by atoms with Gasteiger partial charge in [0.05, 0.1) is 6.42 Å². The zero-order valence-electron chi connectivity index (χ0n) is 4.96. The van der Waals surface area contributed by atoms with Crippen molar-refractivity contribution in [3.8, 4) is 0 Å². The average Bonchev–Trinajstić information content (AvgIpc) is 1.89. The van der Waals surface area contributed by atoms with Crippen molar-refractivity contribution in [2.75, 3.05) is 6.54 Å². The molecule has 0 bridgehead atoms. The Morgan fingerprint density at radius 1 is 1.67 bits per heavy atom. The second-order valence-corrected chi connectivity index (χ2v) is 1.93. The van der Waals surface area contributed by atoms with E-state index >= 15 is 0 Å². The Bertz CT molecular complexity index is 179. The molecule has 0 spiro atoms. The molecule has 1 rings (SSSR count). The van der Waals surface area contributed by atoms with Crippen molar-refractivity contribution in [3.05, 3.63) is 16.6 Å². The number of aliphatic hydroxyl groups excluding tert-OH is 1. The number of nitrogens with one attached hydrogen (secondary N) is 1. The second kappa shape index (κ2) is 2.35. The molecule has 4 heteroatoms. The highest BCUT2D eigenvalue weighted by Crippen LogP contribution is 2.12. The quantitative estimate of drug-likeness (QED) is 0.475. The fraction of sp³-hybridized carbons (Fsp3) is 0.600. The molecule has 2 N–H and O–H groups in total. The summed E-state index contributed by atoms with van der Waals surface area (Å²) in [5.74, 6) is 0.00347. The van der Waals surface area contributed by atoms with Gasteiger partial charge in [0.1, 0.15) is 0 Å². The minimum atomic E-state index is 0.00347. The molecule has 1 aliphatic rings. The molecule has 0 radical (unpaired) electrons. The molecule has 1 heterocycles. The molecule has 48 valence electrons. The molecule has 0 unspecified atom stereocenters. The number of hydrogen-bond donors (Lipinski definition) is 2. The summed E-state index contributed by atoms with van der Waals surface area (Å²) in [7, 11) is 0. The first-order valence-corrected chi connectivity index (χ1v) is 2.85. The SMILES string of the molecule is N#[N+]C1=C(O)NCCC1. The van der Waals surface area contributed by atoms with Crippen LogP contribution in [0.1, 0.15) is 12.8 Å². The first-order valence-electron chi connectivity index (χ1n) is 2.85. The van der Waals surface area contributed by atoms with Gasteiger partial charge in [-0.2, -0.15) is 0 Å². The highest BCUT2D eigenvalue weighted by atomic mass is 16.3. The maximum Gasteiger partial charge on any atom is 0.420 e. The van der Waals surface area contributed by atoms with E-state index in [1.807, 2.05) is 0 Å². The fourth-order valence-electron chi connectivity index (χ4n) is 0.780. The predicted molar refractivity (Wildman–Crippen MR) is 32.0 cm³/mol. The van der Waals surface area contributed by atoms with Crippen molar-refractivity contribution in [2.45, 2.75) is 12.8 Å². The zero-order valence-corrected chi connectivity index (χ0v) is 4.96. The Hall–Kier alpha value is -1.24. The third kappa shape index (κ3) is 1.11. The van der Waals surface area contributed by atoms with Crippen LogP contribution in [-0.4, -0.2) is 11.7 Å². The lowest BCUT2D eigenvalue weighted by Crippen LogP contribution is -2.20. The van der Waals surface area contributed by atoms with Crippen LogP contribution in [0.15, 0.2) is 11.6 Å². The van der Waals surface area contributed by atoms with E-state index in [2.05, 4.69) is 10.3 Å². The Balaban J connectivity index is 2.74.